The van der Waals surface area contributed by atoms with Crippen LogP contribution in [-0.4, -0.2) is 36.4 Å². The Balaban J connectivity index is 3.69. The van der Waals surface area contributed by atoms with Crippen molar-refractivity contribution in [2.45, 2.75) is 58.6 Å². The van der Waals surface area contributed by atoms with Gasteiger partial charge in [0, 0.05) is 12.6 Å². The molecule has 2 unspecified atom stereocenters. The molecule has 4 nitrogen and oxygen atoms in total. The number of hydrogen-bond donors (Lipinski definition) is 2. The van der Waals surface area contributed by atoms with E-state index in [4.69, 9.17) is 4.74 Å². The summed E-state index contributed by atoms with van der Waals surface area (Å²) in [5, 5.41) is 12.9. The molecule has 0 amide bonds. The van der Waals surface area contributed by atoms with E-state index in [9.17, 15) is 9.90 Å². The smallest absolute Gasteiger partial charge is 0.308 e. The van der Waals surface area contributed by atoms with E-state index in [2.05, 4.69) is 19.2 Å². The summed E-state index contributed by atoms with van der Waals surface area (Å²) < 4.78 is 4.77. The minimum absolute atomic E-state index is 0.0728. The largest absolute Gasteiger partial charge is 0.466 e. The van der Waals surface area contributed by atoms with Crippen molar-refractivity contribution in [3.8, 4) is 0 Å². The van der Waals surface area contributed by atoms with Gasteiger partial charge < -0.3 is 15.2 Å². The zero-order valence-electron chi connectivity index (χ0n) is 10.7. The van der Waals surface area contributed by atoms with Gasteiger partial charge in [0.2, 0.25) is 0 Å². The summed E-state index contributed by atoms with van der Waals surface area (Å²) in [5.74, 6) is -0.333. The fraction of sp³-hybridized carbons (Fsp3) is 0.917. The molecule has 0 rings (SSSR count). The molecule has 0 saturated carbocycles. The molecule has 0 aliphatic rings. The highest BCUT2D eigenvalue weighted by atomic mass is 16.5. The molecule has 96 valence electrons. The fourth-order valence-corrected chi connectivity index (χ4v) is 1.59. The quantitative estimate of drug-likeness (QED) is 0.590. The third-order valence-corrected chi connectivity index (χ3v) is 2.48. The van der Waals surface area contributed by atoms with E-state index >= 15 is 0 Å². The molecule has 16 heavy (non-hydrogen) atoms. The zero-order chi connectivity index (χ0) is 12.4. The molecule has 0 radical (unpaired) electrons. The van der Waals surface area contributed by atoms with E-state index in [1.54, 1.807) is 6.92 Å². The van der Waals surface area contributed by atoms with Gasteiger partial charge >= 0.3 is 5.97 Å². The summed E-state index contributed by atoms with van der Waals surface area (Å²) in [5.41, 5.74) is 0. The average molecular weight is 231 g/mol. The van der Waals surface area contributed by atoms with Crippen molar-refractivity contribution in [2.24, 2.45) is 0 Å². The number of carbonyl (C=O) groups is 1. The van der Waals surface area contributed by atoms with Crippen LogP contribution in [0.2, 0.25) is 0 Å². The summed E-state index contributed by atoms with van der Waals surface area (Å²) in [7, 11) is 0. The number of ether oxygens (including phenoxy) is 1. The molecule has 0 aromatic rings. The fourth-order valence-electron chi connectivity index (χ4n) is 1.59. The van der Waals surface area contributed by atoms with Crippen molar-refractivity contribution in [3.63, 3.8) is 0 Å². The monoisotopic (exact) mass is 231 g/mol. The number of rotatable bonds is 9. The van der Waals surface area contributed by atoms with Gasteiger partial charge in [-0.15, -0.1) is 0 Å². The van der Waals surface area contributed by atoms with Crippen LogP contribution in [0.4, 0.5) is 0 Å². The van der Waals surface area contributed by atoms with E-state index in [1.807, 2.05) is 0 Å². The molecular formula is C12H25NO3. The van der Waals surface area contributed by atoms with Crippen molar-refractivity contribution in [1.82, 2.24) is 5.32 Å². The van der Waals surface area contributed by atoms with Crippen LogP contribution in [0.3, 0.4) is 0 Å². The van der Waals surface area contributed by atoms with Crippen molar-refractivity contribution in [1.29, 1.82) is 0 Å². The Labute approximate surface area is 98.4 Å². The molecule has 0 aromatic carbocycles. The standard InChI is InChI=1S/C12H25NO3/c1-4-7-10(5-2)13-9-11(14)8-12(15)16-6-3/h10-11,13-14H,4-9H2,1-3H3. The predicted octanol–water partition coefficient (Wildman–Crippen LogP) is 1.47. The normalized spacial score (nSPS) is 14.5. The van der Waals surface area contributed by atoms with Crippen LogP contribution in [0, 0.1) is 0 Å². The van der Waals surface area contributed by atoms with Gasteiger partial charge in [0.1, 0.15) is 0 Å². The van der Waals surface area contributed by atoms with E-state index in [-0.39, 0.29) is 12.4 Å². The topological polar surface area (TPSA) is 58.6 Å². The second kappa shape index (κ2) is 9.60. The lowest BCUT2D eigenvalue weighted by Gasteiger charge is -2.18. The van der Waals surface area contributed by atoms with E-state index in [1.165, 1.54) is 0 Å². The molecule has 2 atom stereocenters. The number of hydrogen-bond acceptors (Lipinski definition) is 4. The van der Waals surface area contributed by atoms with Crippen LogP contribution in [0.15, 0.2) is 0 Å². The molecule has 0 spiro atoms. The summed E-state index contributed by atoms with van der Waals surface area (Å²) in [6.45, 7) is 6.84. The van der Waals surface area contributed by atoms with Crippen molar-refractivity contribution in [3.05, 3.63) is 0 Å². The van der Waals surface area contributed by atoms with Crippen LogP contribution >= 0.6 is 0 Å². The molecule has 0 aliphatic carbocycles. The number of nitrogens with one attached hydrogen (secondary N) is 1. The molecule has 2 N–H and O–H groups in total. The molecule has 0 fully saturated rings. The lowest BCUT2D eigenvalue weighted by molar-refractivity contribution is -0.145. The maximum absolute atomic E-state index is 11.1. The summed E-state index contributed by atoms with van der Waals surface area (Å²) >= 11 is 0. The molecule has 0 bridgehead atoms. The Hall–Kier alpha value is -0.610. The molecule has 0 aromatic heterocycles. The van der Waals surface area contributed by atoms with Crippen LogP contribution in [-0.2, 0) is 9.53 Å². The Bertz CT molecular complexity index is 185. The number of carbonyl (C=O) groups excluding carboxylic acids is 1. The minimum atomic E-state index is -0.648. The van der Waals surface area contributed by atoms with Gasteiger partial charge in [-0.3, -0.25) is 4.79 Å². The molecular weight excluding hydrogens is 206 g/mol. The Morgan fingerprint density at radius 2 is 2.06 bits per heavy atom. The maximum atomic E-state index is 11.1. The first kappa shape index (κ1) is 15.4. The first-order chi connectivity index (χ1) is 7.63. The maximum Gasteiger partial charge on any atom is 0.308 e. The third-order valence-electron chi connectivity index (χ3n) is 2.48. The lowest BCUT2D eigenvalue weighted by atomic mass is 10.1. The average Bonchev–Trinajstić information content (AvgIpc) is 2.24. The van der Waals surface area contributed by atoms with Gasteiger partial charge in [-0.2, -0.15) is 0 Å². The Morgan fingerprint density at radius 3 is 2.56 bits per heavy atom. The summed E-state index contributed by atoms with van der Waals surface area (Å²) in [6.07, 6.45) is 2.69. The minimum Gasteiger partial charge on any atom is -0.466 e. The van der Waals surface area contributed by atoms with E-state index in [0.29, 0.717) is 19.2 Å². The van der Waals surface area contributed by atoms with Crippen molar-refractivity contribution >= 4 is 5.97 Å². The second-order valence-corrected chi connectivity index (χ2v) is 3.97. The third kappa shape index (κ3) is 7.65. The molecule has 0 aliphatic heterocycles. The molecule has 0 saturated heterocycles. The van der Waals surface area contributed by atoms with E-state index in [0.717, 1.165) is 19.3 Å². The first-order valence-electron chi connectivity index (χ1n) is 6.21. The highest BCUT2D eigenvalue weighted by Crippen LogP contribution is 2.02. The summed E-state index contributed by atoms with van der Waals surface area (Å²) in [6, 6.07) is 0.432. The van der Waals surface area contributed by atoms with Gasteiger partial charge in [0.25, 0.3) is 0 Å². The molecule has 0 heterocycles. The number of aliphatic hydroxyl groups excluding tert-OH is 1. The predicted molar refractivity (Wildman–Crippen MR) is 64.2 cm³/mol. The van der Waals surface area contributed by atoms with Crippen molar-refractivity contribution < 1.29 is 14.6 Å². The van der Waals surface area contributed by atoms with Crippen LogP contribution < -0.4 is 5.32 Å². The highest BCUT2D eigenvalue weighted by Gasteiger charge is 2.13. The summed E-state index contributed by atoms with van der Waals surface area (Å²) in [4.78, 5) is 11.1. The van der Waals surface area contributed by atoms with Gasteiger partial charge in [0.15, 0.2) is 0 Å². The Kier molecular flexibility index (Phi) is 9.24. The van der Waals surface area contributed by atoms with Crippen LogP contribution in [0.1, 0.15) is 46.5 Å². The van der Waals surface area contributed by atoms with Crippen LogP contribution in [0.25, 0.3) is 0 Å². The van der Waals surface area contributed by atoms with Crippen molar-refractivity contribution in [2.75, 3.05) is 13.2 Å². The SMILES string of the molecule is CCCC(CC)NCC(O)CC(=O)OCC. The molecule has 4 heteroatoms. The second-order valence-electron chi connectivity index (χ2n) is 3.97. The van der Waals surface area contributed by atoms with Gasteiger partial charge in [-0.1, -0.05) is 20.3 Å². The highest BCUT2D eigenvalue weighted by molar-refractivity contribution is 5.69. The van der Waals surface area contributed by atoms with Crippen LogP contribution in [0.5, 0.6) is 0 Å². The lowest BCUT2D eigenvalue weighted by Crippen LogP contribution is -2.36. The van der Waals surface area contributed by atoms with Gasteiger partial charge in [-0.25, -0.2) is 0 Å². The Morgan fingerprint density at radius 1 is 1.38 bits per heavy atom. The first-order valence-corrected chi connectivity index (χ1v) is 6.21. The van der Waals surface area contributed by atoms with E-state index < -0.39 is 6.10 Å². The number of aliphatic hydroxyl groups is 1. The zero-order valence-corrected chi connectivity index (χ0v) is 10.7. The van der Waals surface area contributed by atoms with Gasteiger partial charge in [-0.05, 0) is 19.8 Å². The van der Waals surface area contributed by atoms with Gasteiger partial charge in [0.05, 0.1) is 19.1 Å². The number of esters is 1.